The third-order valence-electron chi connectivity index (χ3n) is 4.77. The molecule has 0 fully saturated rings. The minimum absolute atomic E-state index is 0.148. The molecule has 0 radical (unpaired) electrons. The van der Waals surface area contributed by atoms with Gasteiger partial charge in [0.15, 0.2) is 11.6 Å². The van der Waals surface area contributed by atoms with E-state index in [1.54, 1.807) is 11.9 Å². The number of hydrogen-bond donors (Lipinski definition) is 1. The molecule has 0 aliphatic heterocycles. The van der Waals surface area contributed by atoms with Gasteiger partial charge in [-0.05, 0) is 55.0 Å². The molecule has 8 heteroatoms. The molecule has 3 aromatic carbocycles. The number of halogens is 2. The molecule has 0 bridgehead atoms. The molecule has 0 aliphatic carbocycles. The van der Waals surface area contributed by atoms with Crippen LogP contribution < -0.4 is 4.72 Å². The lowest BCUT2D eigenvalue weighted by atomic mass is 10.1. The quantitative estimate of drug-likeness (QED) is 0.622. The number of hydrogen-bond acceptors (Lipinski definition) is 3. The lowest BCUT2D eigenvalue weighted by Crippen LogP contribution is -2.29. The first-order valence-corrected chi connectivity index (χ1v) is 10.6. The highest BCUT2D eigenvalue weighted by molar-refractivity contribution is 7.92. The number of carbonyl (C=O) groups excluding carboxylic acids is 1. The Hall–Kier alpha value is -3.26. The topological polar surface area (TPSA) is 66.5 Å². The van der Waals surface area contributed by atoms with E-state index in [2.05, 4.69) is 4.72 Å². The van der Waals surface area contributed by atoms with Crippen LogP contribution in [0.15, 0.2) is 77.7 Å². The first-order chi connectivity index (χ1) is 14.2. The lowest BCUT2D eigenvalue weighted by molar-refractivity contribution is 0.0742. The van der Waals surface area contributed by atoms with Crippen LogP contribution in [0, 0.1) is 11.6 Å². The molecule has 0 aliphatic rings. The van der Waals surface area contributed by atoms with Crippen LogP contribution in [-0.4, -0.2) is 26.3 Å². The van der Waals surface area contributed by atoms with Gasteiger partial charge in [-0.25, -0.2) is 17.2 Å². The fourth-order valence-electron chi connectivity index (χ4n) is 2.87. The van der Waals surface area contributed by atoms with Crippen molar-refractivity contribution in [3.63, 3.8) is 0 Å². The van der Waals surface area contributed by atoms with Crippen LogP contribution in [0.1, 0.15) is 28.9 Å². The zero-order chi connectivity index (χ0) is 21.9. The Balaban J connectivity index is 1.74. The summed E-state index contributed by atoms with van der Waals surface area (Å²) in [5.74, 6) is -2.61. The molecule has 156 valence electrons. The van der Waals surface area contributed by atoms with Crippen molar-refractivity contribution >= 4 is 21.6 Å². The van der Waals surface area contributed by atoms with Gasteiger partial charge in [-0.15, -0.1) is 0 Å². The smallest absolute Gasteiger partial charge is 0.261 e. The molecule has 0 saturated heterocycles. The van der Waals surface area contributed by atoms with Crippen molar-refractivity contribution < 1.29 is 22.0 Å². The van der Waals surface area contributed by atoms with E-state index >= 15 is 0 Å². The van der Waals surface area contributed by atoms with Gasteiger partial charge in [0.1, 0.15) is 0 Å². The zero-order valence-corrected chi connectivity index (χ0v) is 17.2. The largest absolute Gasteiger partial charge is 0.335 e. The van der Waals surface area contributed by atoms with Crippen molar-refractivity contribution in [2.24, 2.45) is 0 Å². The van der Waals surface area contributed by atoms with E-state index in [-0.39, 0.29) is 17.6 Å². The standard InChI is InChI=1S/C22H20F2N2O3S/c1-15(16-6-4-3-5-7-16)26(2)22(27)17-8-10-18(11-9-17)25-30(28,29)19-12-13-20(23)21(24)14-19/h3-15,25H,1-2H3. The number of nitrogens with zero attached hydrogens (tertiary/aromatic N) is 1. The Morgan fingerprint density at radius 1 is 0.933 bits per heavy atom. The lowest BCUT2D eigenvalue weighted by Gasteiger charge is -2.25. The van der Waals surface area contributed by atoms with Crippen molar-refractivity contribution in [3.05, 3.63) is 95.6 Å². The van der Waals surface area contributed by atoms with Crippen molar-refractivity contribution in [2.45, 2.75) is 17.9 Å². The summed E-state index contributed by atoms with van der Waals surface area (Å²) < 4.78 is 53.4. The molecule has 1 amide bonds. The van der Waals surface area contributed by atoms with E-state index in [0.29, 0.717) is 11.6 Å². The van der Waals surface area contributed by atoms with Gasteiger partial charge < -0.3 is 4.90 Å². The van der Waals surface area contributed by atoms with Crippen LogP contribution in [0.5, 0.6) is 0 Å². The molecule has 30 heavy (non-hydrogen) atoms. The Morgan fingerprint density at radius 2 is 1.57 bits per heavy atom. The SMILES string of the molecule is CC(c1ccccc1)N(C)C(=O)c1ccc(NS(=O)(=O)c2ccc(F)c(F)c2)cc1. The zero-order valence-electron chi connectivity index (χ0n) is 16.3. The average Bonchev–Trinajstić information content (AvgIpc) is 2.75. The number of nitrogens with one attached hydrogen (secondary N) is 1. The highest BCUT2D eigenvalue weighted by Crippen LogP contribution is 2.22. The number of sulfonamides is 1. The molecule has 1 atom stereocenters. The maximum atomic E-state index is 13.3. The van der Waals surface area contributed by atoms with Crippen LogP contribution in [0.2, 0.25) is 0 Å². The van der Waals surface area contributed by atoms with Gasteiger partial charge in [-0.3, -0.25) is 9.52 Å². The molecular formula is C22H20F2N2O3S. The first-order valence-electron chi connectivity index (χ1n) is 9.09. The van der Waals surface area contributed by atoms with E-state index in [4.69, 9.17) is 0 Å². The second-order valence-electron chi connectivity index (χ2n) is 6.76. The summed E-state index contributed by atoms with van der Waals surface area (Å²) in [5, 5.41) is 0. The molecule has 1 unspecified atom stereocenters. The summed E-state index contributed by atoms with van der Waals surface area (Å²) in [4.78, 5) is 13.9. The molecule has 0 saturated carbocycles. The van der Waals surface area contributed by atoms with Gasteiger partial charge in [0.05, 0.1) is 10.9 Å². The molecule has 3 rings (SSSR count). The maximum Gasteiger partial charge on any atom is 0.261 e. The highest BCUT2D eigenvalue weighted by Gasteiger charge is 2.20. The first kappa shape index (κ1) is 21.4. The van der Waals surface area contributed by atoms with Gasteiger partial charge in [-0.2, -0.15) is 0 Å². The summed E-state index contributed by atoms with van der Waals surface area (Å²) in [6.07, 6.45) is 0. The number of anilines is 1. The summed E-state index contributed by atoms with van der Waals surface area (Å²) in [5.41, 5.74) is 1.57. The second kappa shape index (κ2) is 8.62. The molecule has 0 heterocycles. The summed E-state index contributed by atoms with van der Waals surface area (Å²) in [7, 11) is -2.41. The normalized spacial score (nSPS) is 12.3. The fourth-order valence-corrected chi connectivity index (χ4v) is 3.94. The van der Waals surface area contributed by atoms with Crippen LogP contribution >= 0.6 is 0 Å². The molecule has 0 spiro atoms. The van der Waals surface area contributed by atoms with Crippen LogP contribution in [0.25, 0.3) is 0 Å². The van der Waals surface area contributed by atoms with Crippen LogP contribution in [-0.2, 0) is 10.0 Å². The minimum atomic E-state index is -4.10. The Labute approximate surface area is 174 Å². The Morgan fingerprint density at radius 3 is 2.17 bits per heavy atom. The minimum Gasteiger partial charge on any atom is -0.335 e. The predicted molar refractivity (Wildman–Crippen MR) is 111 cm³/mol. The highest BCUT2D eigenvalue weighted by atomic mass is 32.2. The van der Waals surface area contributed by atoms with E-state index in [9.17, 15) is 22.0 Å². The van der Waals surface area contributed by atoms with E-state index in [1.807, 2.05) is 37.3 Å². The Kier molecular flexibility index (Phi) is 6.17. The fraction of sp³-hybridized carbons (Fsp3) is 0.136. The molecule has 0 aromatic heterocycles. The summed E-state index contributed by atoms with van der Waals surface area (Å²) in [6.45, 7) is 1.91. The maximum absolute atomic E-state index is 13.3. The number of rotatable bonds is 6. The summed E-state index contributed by atoms with van der Waals surface area (Å²) in [6, 6.07) is 17.6. The van der Waals surface area contributed by atoms with Gasteiger partial charge in [0.25, 0.3) is 15.9 Å². The number of amides is 1. The van der Waals surface area contributed by atoms with Gasteiger partial charge in [0, 0.05) is 18.3 Å². The van der Waals surface area contributed by atoms with Crippen LogP contribution in [0.4, 0.5) is 14.5 Å². The van der Waals surface area contributed by atoms with Crippen LogP contribution in [0.3, 0.4) is 0 Å². The number of carbonyl (C=O) groups is 1. The molecular weight excluding hydrogens is 410 g/mol. The van der Waals surface area contributed by atoms with Gasteiger partial charge >= 0.3 is 0 Å². The average molecular weight is 430 g/mol. The number of benzene rings is 3. The second-order valence-corrected chi connectivity index (χ2v) is 8.44. The van der Waals surface area contributed by atoms with Crippen molar-refractivity contribution in [2.75, 3.05) is 11.8 Å². The Bertz CT molecular complexity index is 1150. The third-order valence-corrected chi connectivity index (χ3v) is 6.15. The summed E-state index contributed by atoms with van der Waals surface area (Å²) >= 11 is 0. The van der Waals surface area contributed by atoms with E-state index in [1.165, 1.54) is 24.3 Å². The van der Waals surface area contributed by atoms with Crippen molar-refractivity contribution in [3.8, 4) is 0 Å². The predicted octanol–water partition coefficient (Wildman–Crippen LogP) is 4.60. The van der Waals surface area contributed by atoms with Crippen molar-refractivity contribution in [1.29, 1.82) is 0 Å². The van der Waals surface area contributed by atoms with E-state index in [0.717, 1.165) is 17.7 Å². The molecule has 3 aromatic rings. The molecule has 5 nitrogen and oxygen atoms in total. The van der Waals surface area contributed by atoms with Crippen molar-refractivity contribution in [1.82, 2.24) is 4.90 Å². The third kappa shape index (κ3) is 4.65. The molecule has 1 N–H and O–H groups in total. The monoisotopic (exact) mass is 430 g/mol. The van der Waals surface area contributed by atoms with E-state index < -0.39 is 26.6 Å². The van der Waals surface area contributed by atoms with Gasteiger partial charge in [0.2, 0.25) is 0 Å². The van der Waals surface area contributed by atoms with Gasteiger partial charge in [-0.1, -0.05) is 30.3 Å².